The highest BCUT2D eigenvalue weighted by Gasteiger charge is 2.22. The molecule has 0 aliphatic heterocycles. The molecule has 0 radical (unpaired) electrons. The van der Waals surface area contributed by atoms with Crippen LogP contribution in [0.3, 0.4) is 0 Å². The summed E-state index contributed by atoms with van der Waals surface area (Å²) < 4.78 is 5.62. The first-order valence-electron chi connectivity index (χ1n) is 9.89. The normalized spacial score (nSPS) is 11.3. The topological polar surface area (TPSA) is 79.5 Å². The van der Waals surface area contributed by atoms with Crippen molar-refractivity contribution in [1.82, 2.24) is 0 Å². The van der Waals surface area contributed by atoms with E-state index in [0.29, 0.717) is 34.4 Å². The number of hydrogen-bond acceptors (Lipinski definition) is 4. The second kappa shape index (κ2) is 10.5. The average Bonchev–Trinajstić information content (AvgIpc) is 2.75. The molecule has 1 atom stereocenters. The Hall–Kier alpha value is -3.51. The van der Waals surface area contributed by atoms with Crippen LogP contribution < -0.4 is 20.7 Å². The minimum atomic E-state index is -0.682. The molecule has 0 bridgehead atoms. The Labute approximate surface area is 186 Å². The molecule has 2 amide bonds. The molecule has 0 aliphatic carbocycles. The smallest absolute Gasteiger partial charge is 0.251 e. The van der Waals surface area contributed by atoms with E-state index >= 15 is 0 Å². The predicted molar refractivity (Wildman–Crippen MR) is 125 cm³/mol. The lowest BCUT2D eigenvalue weighted by molar-refractivity contribution is -0.117. The Balaban J connectivity index is 1.87. The van der Waals surface area contributed by atoms with Crippen molar-refractivity contribution in [3.8, 4) is 5.75 Å². The van der Waals surface area contributed by atoms with Gasteiger partial charge in [-0.3, -0.25) is 9.59 Å². The number of para-hydroxylation sites is 2. The summed E-state index contributed by atoms with van der Waals surface area (Å²) in [6, 6.07) is 21.1. The van der Waals surface area contributed by atoms with Crippen molar-refractivity contribution in [2.24, 2.45) is 0 Å². The number of ether oxygens (including phenoxy) is 1. The van der Waals surface area contributed by atoms with Gasteiger partial charge in [0.15, 0.2) is 0 Å². The van der Waals surface area contributed by atoms with E-state index in [0.717, 1.165) is 5.56 Å². The molecular formula is C24H24ClN3O3. The highest BCUT2D eigenvalue weighted by Crippen LogP contribution is 2.30. The number of hydrogen-bond donors (Lipinski definition) is 3. The van der Waals surface area contributed by atoms with Crippen LogP contribution in [0.15, 0.2) is 72.8 Å². The zero-order valence-electron chi connectivity index (χ0n) is 17.3. The Kier molecular flexibility index (Phi) is 7.51. The molecule has 7 heteroatoms. The first kappa shape index (κ1) is 22.2. The second-order valence-corrected chi connectivity index (χ2v) is 7.19. The molecule has 3 aromatic rings. The fourth-order valence-electron chi connectivity index (χ4n) is 3.06. The summed E-state index contributed by atoms with van der Waals surface area (Å²) in [5, 5.41) is 9.22. The number of rotatable bonds is 8. The molecule has 0 fully saturated rings. The van der Waals surface area contributed by atoms with Gasteiger partial charge in [-0.05, 0) is 42.8 Å². The van der Waals surface area contributed by atoms with Gasteiger partial charge in [-0.15, -0.1) is 0 Å². The first-order valence-corrected chi connectivity index (χ1v) is 10.3. The molecule has 0 spiro atoms. The fourth-order valence-corrected chi connectivity index (χ4v) is 3.29. The van der Waals surface area contributed by atoms with Crippen molar-refractivity contribution in [2.45, 2.75) is 19.9 Å². The summed E-state index contributed by atoms with van der Waals surface area (Å²) >= 11 is 6.30. The number of benzene rings is 3. The highest BCUT2D eigenvalue weighted by molar-refractivity contribution is 6.34. The second-order valence-electron chi connectivity index (χ2n) is 6.78. The van der Waals surface area contributed by atoms with E-state index in [1.54, 1.807) is 24.3 Å². The molecule has 6 nitrogen and oxygen atoms in total. The van der Waals surface area contributed by atoms with Crippen LogP contribution in [0.4, 0.5) is 17.1 Å². The van der Waals surface area contributed by atoms with Gasteiger partial charge >= 0.3 is 0 Å². The first-order chi connectivity index (χ1) is 15.0. The minimum Gasteiger partial charge on any atom is -0.492 e. The van der Waals surface area contributed by atoms with E-state index < -0.39 is 6.04 Å². The van der Waals surface area contributed by atoms with Crippen LogP contribution in [-0.4, -0.2) is 18.4 Å². The SMILES string of the molecule is CCOc1ccccc1NC(=O)C(Nc1ccc(NC(C)=O)c(Cl)c1)c1ccccc1. The fraction of sp³-hybridized carbons (Fsp3) is 0.167. The number of carbonyl (C=O) groups excluding carboxylic acids is 2. The molecule has 160 valence electrons. The molecule has 1 unspecified atom stereocenters. The van der Waals surface area contributed by atoms with Gasteiger partial charge in [0.1, 0.15) is 11.8 Å². The standard InChI is InChI=1S/C24H24ClN3O3/c1-3-31-22-12-8-7-11-21(22)28-24(30)23(17-9-5-4-6-10-17)27-18-13-14-20(19(25)15-18)26-16(2)29/h4-15,23,27H,3H2,1-2H3,(H,26,29)(H,28,30). The molecule has 0 saturated carbocycles. The Morgan fingerprint density at radius 2 is 1.65 bits per heavy atom. The van der Waals surface area contributed by atoms with Crippen molar-refractivity contribution in [3.63, 3.8) is 0 Å². The lowest BCUT2D eigenvalue weighted by Gasteiger charge is -2.21. The molecule has 3 N–H and O–H groups in total. The molecule has 0 aromatic heterocycles. The third-order valence-corrected chi connectivity index (χ3v) is 4.74. The van der Waals surface area contributed by atoms with Crippen LogP contribution in [0.5, 0.6) is 5.75 Å². The number of halogens is 1. The van der Waals surface area contributed by atoms with Crippen molar-refractivity contribution >= 4 is 40.5 Å². The molecule has 0 saturated heterocycles. The van der Waals surface area contributed by atoms with E-state index in [4.69, 9.17) is 16.3 Å². The zero-order valence-corrected chi connectivity index (χ0v) is 18.1. The molecule has 31 heavy (non-hydrogen) atoms. The number of anilines is 3. The number of carbonyl (C=O) groups is 2. The van der Waals surface area contributed by atoms with Gasteiger partial charge in [0.25, 0.3) is 5.91 Å². The van der Waals surface area contributed by atoms with E-state index in [1.165, 1.54) is 6.92 Å². The van der Waals surface area contributed by atoms with Crippen LogP contribution in [0, 0.1) is 0 Å². The van der Waals surface area contributed by atoms with Crippen LogP contribution in [0.1, 0.15) is 25.5 Å². The summed E-state index contributed by atoms with van der Waals surface area (Å²) in [6.07, 6.45) is 0. The Bertz CT molecular complexity index is 1060. The highest BCUT2D eigenvalue weighted by atomic mass is 35.5. The lowest BCUT2D eigenvalue weighted by Crippen LogP contribution is -2.27. The minimum absolute atomic E-state index is 0.211. The van der Waals surface area contributed by atoms with Crippen molar-refractivity contribution in [1.29, 1.82) is 0 Å². The van der Waals surface area contributed by atoms with Gasteiger partial charge in [0.05, 0.1) is 23.0 Å². The van der Waals surface area contributed by atoms with Gasteiger partial charge in [0.2, 0.25) is 5.91 Å². The van der Waals surface area contributed by atoms with Gasteiger partial charge in [-0.2, -0.15) is 0 Å². The largest absolute Gasteiger partial charge is 0.492 e. The summed E-state index contributed by atoms with van der Waals surface area (Å²) in [5.74, 6) is 0.144. The Morgan fingerprint density at radius 3 is 2.32 bits per heavy atom. The maximum atomic E-state index is 13.3. The van der Waals surface area contributed by atoms with E-state index in [9.17, 15) is 9.59 Å². The Morgan fingerprint density at radius 1 is 0.935 bits per heavy atom. The van der Waals surface area contributed by atoms with Gasteiger partial charge in [-0.25, -0.2) is 0 Å². The third kappa shape index (κ3) is 5.99. The van der Waals surface area contributed by atoms with Crippen molar-refractivity contribution < 1.29 is 14.3 Å². The maximum absolute atomic E-state index is 13.3. The molecule has 0 aliphatic rings. The number of amides is 2. The molecule has 3 rings (SSSR count). The van der Waals surface area contributed by atoms with Crippen LogP contribution in [-0.2, 0) is 9.59 Å². The quantitative estimate of drug-likeness (QED) is 0.435. The van der Waals surface area contributed by atoms with Gasteiger partial charge in [-0.1, -0.05) is 54.1 Å². The van der Waals surface area contributed by atoms with Gasteiger partial charge < -0.3 is 20.7 Å². The maximum Gasteiger partial charge on any atom is 0.251 e. The molecule has 3 aromatic carbocycles. The summed E-state index contributed by atoms with van der Waals surface area (Å²) in [6.45, 7) is 3.80. The van der Waals surface area contributed by atoms with E-state index in [2.05, 4.69) is 16.0 Å². The van der Waals surface area contributed by atoms with Crippen molar-refractivity contribution in [3.05, 3.63) is 83.4 Å². The average molecular weight is 438 g/mol. The summed E-state index contributed by atoms with van der Waals surface area (Å²) in [5.41, 5.74) is 2.53. The van der Waals surface area contributed by atoms with Crippen molar-refractivity contribution in [2.75, 3.05) is 22.6 Å². The molecule has 0 heterocycles. The zero-order chi connectivity index (χ0) is 22.2. The predicted octanol–water partition coefficient (Wildman–Crippen LogP) is 5.49. The molecular weight excluding hydrogens is 414 g/mol. The summed E-state index contributed by atoms with van der Waals surface area (Å²) in [4.78, 5) is 24.6. The monoisotopic (exact) mass is 437 g/mol. The van der Waals surface area contributed by atoms with E-state index in [1.807, 2.05) is 55.5 Å². The summed E-state index contributed by atoms with van der Waals surface area (Å²) in [7, 11) is 0. The number of nitrogens with one attached hydrogen (secondary N) is 3. The van der Waals surface area contributed by atoms with E-state index in [-0.39, 0.29) is 11.8 Å². The lowest BCUT2D eigenvalue weighted by atomic mass is 10.1. The van der Waals surface area contributed by atoms with Crippen LogP contribution in [0.25, 0.3) is 0 Å². The van der Waals surface area contributed by atoms with Crippen LogP contribution >= 0.6 is 11.6 Å². The van der Waals surface area contributed by atoms with Gasteiger partial charge in [0, 0.05) is 12.6 Å². The third-order valence-electron chi connectivity index (χ3n) is 4.43. The van der Waals surface area contributed by atoms with Crippen LogP contribution in [0.2, 0.25) is 5.02 Å².